The molecule has 1 aliphatic heterocycles. The molecule has 137 heavy (non-hydrogen) atoms. The topological polar surface area (TPSA) is 414 Å². The monoisotopic (exact) mass is 1920 g/mol. The van der Waals surface area contributed by atoms with Gasteiger partial charge < -0.3 is 74.1 Å². The number of fused-ring (bicyclic) bond motifs is 9. The zero-order valence-electron chi connectivity index (χ0n) is 81.6. The third-order valence-electron chi connectivity index (χ3n) is 28.5. The number of carbonyl (C=O) groups is 10. The number of anilines is 2. The van der Waals surface area contributed by atoms with Gasteiger partial charge in [-0.25, -0.2) is 4.68 Å². The van der Waals surface area contributed by atoms with Crippen molar-refractivity contribution in [3.8, 4) is 11.8 Å². The van der Waals surface area contributed by atoms with Crippen molar-refractivity contribution in [1.82, 2.24) is 41.6 Å². The lowest BCUT2D eigenvalue weighted by atomic mass is 9.49. The van der Waals surface area contributed by atoms with Crippen molar-refractivity contribution in [2.45, 2.75) is 246 Å². The Kier molecular flexibility index (Phi) is 41.8. The van der Waals surface area contributed by atoms with Gasteiger partial charge in [-0.15, -0.1) is 5.10 Å². The molecule has 2 saturated carbocycles. The van der Waals surface area contributed by atoms with Crippen LogP contribution >= 0.6 is 0 Å². The highest BCUT2D eigenvalue weighted by molar-refractivity contribution is 7.85. The molecule has 4 aromatic carbocycles. The molecule has 0 spiro atoms. The summed E-state index contributed by atoms with van der Waals surface area (Å²) in [5.41, 5.74) is 9.42. The van der Waals surface area contributed by atoms with E-state index < -0.39 is 67.9 Å². The summed E-state index contributed by atoms with van der Waals surface area (Å²) in [4.78, 5) is 141. The van der Waals surface area contributed by atoms with Crippen molar-refractivity contribution in [2.75, 3.05) is 148 Å². The number of imide groups is 1. The molecule has 7 N–H and O–H groups in total. The Morgan fingerprint density at radius 3 is 1.74 bits per heavy atom. The van der Waals surface area contributed by atoms with E-state index in [1.165, 1.54) is 16.7 Å². The quantitative estimate of drug-likeness (QED) is 0.00823. The number of hydrogen-bond donors (Lipinski definition) is 7. The Bertz CT molecular complexity index is 5090. The smallest absolute Gasteiger partial charge is 0.266 e. The average molecular weight is 1920 g/mol. The summed E-state index contributed by atoms with van der Waals surface area (Å²) in [6.45, 7) is 21.4. The Labute approximate surface area is 807 Å². The van der Waals surface area contributed by atoms with Crippen LogP contribution < -0.4 is 36.8 Å². The number of hydrogen-bond acceptors (Lipinski definition) is 23. The Morgan fingerprint density at radius 2 is 1.10 bits per heavy atom. The average Bonchev–Trinajstić information content (AvgIpc) is 1.61. The van der Waals surface area contributed by atoms with Gasteiger partial charge in [0.05, 0.1) is 153 Å². The largest absolute Gasteiger partial charge is 0.379 e. The molecular formula is C104H146N10O22S. The number of aryl methyl sites for hydroxylation is 3. The second kappa shape index (κ2) is 53.2. The highest BCUT2D eigenvalue weighted by Crippen LogP contribution is 2.60. The molecule has 5 aliphatic carbocycles. The minimum atomic E-state index is -4.15. The van der Waals surface area contributed by atoms with E-state index in [4.69, 9.17) is 47.2 Å². The third kappa shape index (κ3) is 31.2. The van der Waals surface area contributed by atoms with E-state index in [1.807, 2.05) is 86.1 Å². The van der Waals surface area contributed by atoms with Gasteiger partial charge in [0.2, 0.25) is 47.3 Å². The van der Waals surface area contributed by atoms with Gasteiger partial charge in [-0.1, -0.05) is 158 Å². The number of unbranched alkanes of at least 4 members (excludes halogenated alkanes) is 1. The second-order valence-corrected chi connectivity index (χ2v) is 40.4. The lowest BCUT2D eigenvalue weighted by molar-refractivity contribution is -0.150. The van der Waals surface area contributed by atoms with Crippen LogP contribution in [0, 0.1) is 59.2 Å². The molecule has 6 aliphatic rings. The van der Waals surface area contributed by atoms with Crippen molar-refractivity contribution in [1.29, 1.82) is 0 Å². The van der Waals surface area contributed by atoms with Crippen LogP contribution in [-0.4, -0.2) is 231 Å². The Balaban J connectivity index is 0.609. The van der Waals surface area contributed by atoms with Crippen LogP contribution in [0.15, 0.2) is 84.9 Å². The van der Waals surface area contributed by atoms with Crippen LogP contribution in [0.2, 0.25) is 0 Å². The maximum Gasteiger partial charge on any atom is 0.266 e. The summed E-state index contributed by atoms with van der Waals surface area (Å²) in [5, 5.41) is 26.4. The molecular weight excluding hydrogens is 1770 g/mol. The van der Waals surface area contributed by atoms with Crippen LogP contribution in [0.5, 0.6) is 0 Å². The normalized spacial score (nSPS) is 21.1. The minimum Gasteiger partial charge on any atom is -0.379 e. The molecule has 10 atom stereocenters. The third-order valence-corrected chi connectivity index (χ3v) is 29.2. The number of para-hydroxylation sites is 1. The van der Waals surface area contributed by atoms with Crippen LogP contribution in [-0.2, 0) is 144 Å². The SMILES string of the molecule is Cc1ccc2c(c1)[C@@]1(C)CCC[C@](C)(C(=O)NC(=O)[C@@]3(C)CCC[C@]4(C)c5cc(NC(=O)[C@H](C)CC(=O)[C@@H](NC(=O)[C@@H](CCCCNC(=O)COC6CCCCCc7c6nnn7CCOCCOCCOCCOCCC(=O)NCCS(=O)(=O)O)CC(=O)CCOCCOCCOCCOCCNC(=O)CCC(=O)N6Cc7ccccc7C#Cc7ccccc76)C(C)C)ccc5CC[C@@H]34)[C@@H]1CC2. The maximum absolute atomic E-state index is 15.0. The van der Waals surface area contributed by atoms with Crippen LogP contribution in [0.1, 0.15) is 245 Å². The molecule has 5 aromatic rings. The zero-order chi connectivity index (χ0) is 98.0. The first-order valence-corrected chi connectivity index (χ1v) is 51.1. The fourth-order valence-electron chi connectivity index (χ4n) is 20.9. The van der Waals surface area contributed by atoms with Gasteiger partial charge in [-0.05, 0) is 177 Å². The molecule has 32 nitrogen and oxygen atoms in total. The molecule has 1 aromatic heterocycles. The number of aromatic nitrogens is 3. The van der Waals surface area contributed by atoms with Gasteiger partial charge in [0.1, 0.15) is 24.2 Å². The van der Waals surface area contributed by atoms with E-state index in [9.17, 15) is 51.6 Å². The zero-order valence-corrected chi connectivity index (χ0v) is 82.4. The van der Waals surface area contributed by atoms with Crippen LogP contribution in [0.4, 0.5) is 11.4 Å². The number of nitrogens with one attached hydrogen (secondary N) is 6. The maximum atomic E-state index is 15.0. The van der Waals surface area contributed by atoms with Gasteiger partial charge in [0, 0.05) is 86.8 Å². The lowest BCUT2D eigenvalue weighted by Gasteiger charge is -2.56. The molecule has 33 heteroatoms. The number of ketones is 2. The number of Topliss-reactive ketones (excluding diaryl/α,β-unsaturated/α-hetero) is 2. The molecule has 11 rings (SSSR count). The summed E-state index contributed by atoms with van der Waals surface area (Å²) in [5.74, 6) is 0.873. The Morgan fingerprint density at radius 1 is 0.540 bits per heavy atom. The molecule has 2 heterocycles. The molecule has 0 saturated heterocycles. The van der Waals surface area contributed by atoms with Gasteiger partial charge in [-0.2, -0.15) is 8.42 Å². The summed E-state index contributed by atoms with van der Waals surface area (Å²) >= 11 is 0. The predicted molar refractivity (Wildman–Crippen MR) is 516 cm³/mol. The fraction of sp³-hybridized carbons (Fsp3) is 0.635. The minimum absolute atomic E-state index is 0.0116. The van der Waals surface area contributed by atoms with Crippen LogP contribution in [0.3, 0.4) is 0 Å². The number of amides is 8. The predicted octanol–water partition coefficient (Wildman–Crippen LogP) is 11.1. The molecule has 1 unspecified atom stereocenters. The first kappa shape index (κ1) is 108. The fourth-order valence-corrected chi connectivity index (χ4v) is 21.2. The first-order chi connectivity index (χ1) is 65.9. The summed E-state index contributed by atoms with van der Waals surface area (Å²) in [6, 6.07) is 27.0. The van der Waals surface area contributed by atoms with Gasteiger partial charge >= 0.3 is 0 Å². The summed E-state index contributed by atoms with van der Waals surface area (Å²) in [7, 11) is -4.15. The second-order valence-electron chi connectivity index (χ2n) is 38.8. The van der Waals surface area contributed by atoms with Gasteiger partial charge in [-0.3, -0.25) is 57.8 Å². The van der Waals surface area contributed by atoms with Crippen molar-refractivity contribution >= 4 is 80.3 Å². The van der Waals surface area contributed by atoms with E-state index in [-0.39, 0.29) is 207 Å². The number of carbonyl (C=O) groups excluding carboxylic acids is 10. The number of rotatable bonds is 56. The molecule has 750 valence electrons. The highest BCUT2D eigenvalue weighted by Gasteiger charge is 2.59. The number of ether oxygens (including phenoxy) is 9. The number of benzene rings is 4. The van der Waals surface area contributed by atoms with Crippen molar-refractivity contribution < 1.29 is 104 Å². The van der Waals surface area contributed by atoms with E-state index in [0.29, 0.717) is 95.5 Å². The summed E-state index contributed by atoms with van der Waals surface area (Å²) < 4.78 is 83.7. The van der Waals surface area contributed by atoms with Crippen LogP contribution in [0.25, 0.3) is 0 Å². The van der Waals surface area contributed by atoms with E-state index in [0.717, 1.165) is 117 Å². The molecule has 0 bridgehead atoms. The molecule has 0 radical (unpaired) electrons. The van der Waals surface area contributed by atoms with E-state index in [2.05, 4.69) is 106 Å². The number of nitrogens with zero attached hydrogens (tertiary/aromatic N) is 4. The van der Waals surface area contributed by atoms with Crippen molar-refractivity contribution in [2.24, 2.45) is 40.4 Å². The van der Waals surface area contributed by atoms with Gasteiger partial charge in [0.15, 0.2) is 5.78 Å². The summed E-state index contributed by atoms with van der Waals surface area (Å²) in [6.07, 6.45) is 12.8. The Hall–Kier alpha value is -9.57. The van der Waals surface area contributed by atoms with E-state index in [1.54, 1.807) is 11.8 Å². The van der Waals surface area contributed by atoms with Crippen molar-refractivity contribution in [3.63, 3.8) is 0 Å². The molecule has 8 amide bonds. The highest BCUT2D eigenvalue weighted by atomic mass is 32.2. The molecule has 2 fully saturated rings. The first-order valence-electron chi connectivity index (χ1n) is 49.5. The van der Waals surface area contributed by atoms with E-state index >= 15 is 4.79 Å². The van der Waals surface area contributed by atoms with Crippen molar-refractivity contribution in [3.05, 3.63) is 141 Å². The lowest BCUT2D eigenvalue weighted by Crippen LogP contribution is -2.60. The van der Waals surface area contributed by atoms with Gasteiger partial charge in [0.25, 0.3) is 10.1 Å². The standard InChI is InChI=1S/C104H146N10O22S/c1-72(2)95(87(116)67-74(4)97(121)108-81-34-31-77-33-36-90-102(6,84(77)69-81)42-19-44-104(90,8)100(124)110-99(123)103(7)43-18-41-101(5)83-66-73(3)27-28-76(83)32-35-89(101)103)109-98(122)79(68-82(115)39-49-128-53-57-132-61-63-134-59-55-130-51-46-106-91(117)37-38-94(120)113-70-80-23-13-12-20-75(80)29-30-78-21-14-15-24-85(78)113)22-16-17-45-105-93(119)71-136-88-26-11-9-10-25-86-96(88)111-112-114(86)48-52-131-56-60-135-64-62-133-58-54-129-50-40-92(118)107-47-65-137(125,126)127/h12-15,20-21,23-24,27-28,31,34,66,69,72,74,79,88-90,95H,9-11,16-19,22,25-26,32-33,35-65,67-68,70-71H2,1-8H3,(H,105,119)(H,106,117)(H,107,118)(H,108,121)(H,109,122)(H,110,123,124)(H,125,126,127)/t74-,79+,88?,89-,90-,95+,101-,102-,103+,104+/m1/s1.